The summed E-state index contributed by atoms with van der Waals surface area (Å²) in [6, 6.07) is 15.9. The summed E-state index contributed by atoms with van der Waals surface area (Å²) in [5.74, 6) is 0.790. The number of anilines is 1. The lowest BCUT2D eigenvalue weighted by Gasteiger charge is -2.30. The third-order valence-corrected chi connectivity index (χ3v) is 5.25. The van der Waals surface area contributed by atoms with E-state index >= 15 is 0 Å². The molecule has 148 valence electrons. The van der Waals surface area contributed by atoms with Crippen molar-refractivity contribution in [2.45, 2.75) is 33.2 Å². The Bertz CT molecular complexity index is 857. The Hall–Kier alpha value is -2.84. The number of carbonyl (C=O) groups is 1. The van der Waals surface area contributed by atoms with E-state index < -0.39 is 0 Å². The van der Waals surface area contributed by atoms with Gasteiger partial charge in [0.15, 0.2) is 0 Å². The summed E-state index contributed by atoms with van der Waals surface area (Å²) in [7, 11) is 3.58. The number of likely N-dealkylation sites (N-methyl/N-ethyl adjacent to an activating group) is 1. The van der Waals surface area contributed by atoms with Crippen molar-refractivity contribution in [3.05, 3.63) is 59.2 Å². The van der Waals surface area contributed by atoms with Crippen molar-refractivity contribution in [2.24, 2.45) is 0 Å². The molecule has 28 heavy (non-hydrogen) atoms. The molecule has 2 aromatic rings. The molecule has 0 aromatic heterocycles. The van der Waals surface area contributed by atoms with Crippen molar-refractivity contribution in [1.29, 1.82) is 5.26 Å². The van der Waals surface area contributed by atoms with Crippen LogP contribution < -0.4 is 9.64 Å². The van der Waals surface area contributed by atoms with Crippen LogP contribution in [0.2, 0.25) is 0 Å². The molecule has 2 rings (SSSR count). The highest BCUT2D eigenvalue weighted by Crippen LogP contribution is 2.29. The Labute approximate surface area is 168 Å². The van der Waals surface area contributed by atoms with Crippen LogP contribution >= 0.6 is 0 Å². The topological polar surface area (TPSA) is 56.6 Å². The SMILES string of the molecule is COc1ccccc1C(C)N(C)CC(=O)N(CCC#N)c1cccc(C)c1C. The van der Waals surface area contributed by atoms with Crippen molar-refractivity contribution >= 4 is 11.6 Å². The highest BCUT2D eigenvalue weighted by Gasteiger charge is 2.23. The molecule has 0 aliphatic heterocycles. The average Bonchev–Trinajstić information content (AvgIpc) is 2.70. The molecule has 0 saturated carbocycles. The summed E-state index contributed by atoms with van der Waals surface area (Å²) in [6.07, 6.45) is 0.297. The van der Waals surface area contributed by atoms with E-state index in [1.165, 1.54) is 0 Å². The lowest BCUT2D eigenvalue weighted by Crippen LogP contribution is -2.40. The van der Waals surface area contributed by atoms with Gasteiger partial charge in [0.1, 0.15) is 5.75 Å². The molecule has 5 nitrogen and oxygen atoms in total. The molecule has 0 heterocycles. The maximum atomic E-state index is 13.2. The van der Waals surface area contributed by atoms with Crippen molar-refractivity contribution in [2.75, 3.05) is 32.1 Å². The van der Waals surface area contributed by atoms with E-state index in [4.69, 9.17) is 10.00 Å². The summed E-state index contributed by atoms with van der Waals surface area (Å²) >= 11 is 0. The Kier molecular flexibility index (Phi) is 7.60. The normalized spacial score (nSPS) is 11.8. The van der Waals surface area contributed by atoms with E-state index in [-0.39, 0.29) is 18.5 Å². The minimum absolute atomic E-state index is 0.0107. The minimum atomic E-state index is -0.0202. The van der Waals surface area contributed by atoms with Gasteiger partial charge in [0.25, 0.3) is 0 Å². The Morgan fingerprint density at radius 3 is 2.57 bits per heavy atom. The summed E-state index contributed by atoms with van der Waals surface area (Å²) < 4.78 is 5.46. The molecule has 2 aromatic carbocycles. The van der Waals surface area contributed by atoms with Gasteiger partial charge in [-0.1, -0.05) is 30.3 Å². The largest absolute Gasteiger partial charge is 0.496 e. The number of benzene rings is 2. The molecule has 1 amide bonds. The van der Waals surface area contributed by atoms with E-state index in [9.17, 15) is 4.79 Å². The summed E-state index contributed by atoms with van der Waals surface area (Å²) in [5.41, 5.74) is 4.10. The molecular formula is C23H29N3O2. The fourth-order valence-electron chi connectivity index (χ4n) is 3.25. The van der Waals surface area contributed by atoms with Gasteiger partial charge in [-0.2, -0.15) is 5.26 Å². The molecule has 0 saturated heterocycles. The molecule has 0 aliphatic carbocycles. The first-order valence-corrected chi connectivity index (χ1v) is 9.47. The third-order valence-electron chi connectivity index (χ3n) is 5.25. The number of carbonyl (C=O) groups excluding carboxylic acids is 1. The van der Waals surface area contributed by atoms with Crippen LogP contribution in [0.15, 0.2) is 42.5 Å². The van der Waals surface area contributed by atoms with Gasteiger partial charge < -0.3 is 9.64 Å². The second-order valence-corrected chi connectivity index (χ2v) is 7.01. The average molecular weight is 380 g/mol. The van der Waals surface area contributed by atoms with E-state index in [1.807, 2.05) is 68.3 Å². The van der Waals surface area contributed by atoms with Crippen LogP contribution in [0, 0.1) is 25.2 Å². The van der Waals surface area contributed by atoms with Crippen molar-refractivity contribution < 1.29 is 9.53 Å². The maximum absolute atomic E-state index is 13.2. The molecule has 0 bridgehead atoms. The first-order chi connectivity index (χ1) is 13.4. The van der Waals surface area contributed by atoms with Crippen molar-refractivity contribution in [3.8, 4) is 11.8 Å². The molecular weight excluding hydrogens is 350 g/mol. The van der Waals surface area contributed by atoms with Crippen LogP contribution in [0.5, 0.6) is 5.75 Å². The summed E-state index contributed by atoms with van der Waals surface area (Å²) in [6.45, 7) is 6.73. The number of aryl methyl sites for hydroxylation is 1. The van der Waals surface area contributed by atoms with Gasteiger partial charge in [0.2, 0.25) is 5.91 Å². The number of methoxy groups -OCH3 is 1. The van der Waals surface area contributed by atoms with Crippen LogP contribution in [-0.2, 0) is 4.79 Å². The lowest BCUT2D eigenvalue weighted by molar-refractivity contribution is -0.119. The monoisotopic (exact) mass is 379 g/mol. The zero-order chi connectivity index (χ0) is 20.7. The minimum Gasteiger partial charge on any atom is -0.496 e. The van der Waals surface area contributed by atoms with Crippen LogP contribution in [0.25, 0.3) is 0 Å². The number of nitriles is 1. The molecule has 0 spiro atoms. The van der Waals surface area contributed by atoms with Gasteiger partial charge in [0, 0.05) is 23.8 Å². The van der Waals surface area contributed by atoms with E-state index in [2.05, 4.69) is 13.0 Å². The molecule has 0 fully saturated rings. The van der Waals surface area contributed by atoms with Gasteiger partial charge in [-0.15, -0.1) is 0 Å². The second kappa shape index (κ2) is 9.91. The highest BCUT2D eigenvalue weighted by atomic mass is 16.5. The molecule has 0 N–H and O–H groups in total. The van der Waals surface area contributed by atoms with E-state index in [0.29, 0.717) is 13.0 Å². The summed E-state index contributed by atoms with van der Waals surface area (Å²) in [5, 5.41) is 9.03. The van der Waals surface area contributed by atoms with Gasteiger partial charge in [0.05, 0.1) is 26.1 Å². The molecule has 0 radical (unpaired) electrons. The van der Waals surface area contributed by atoms with Gasteiger partial charge >= 0.3 is 0 Å². The maximum Gasteiger partial charge on any atom is 0.241 e. The van der Waals surface area contributed by atoms with E-state index in [1.54, 1.807) is 12.0 Å². The fraction of sp³-hybridized carbons (Fsp3) is 0.391. The zero-order valence-corrected chi connectivity index (χ0v) is 17.4. The second-order valence-electron chi connectivity index (χ2n) is 7.01. The number of rotatable bonds is 8. The van der Waals surface area contributed by atoms with Crippen LogP contribution in [0.4, 0.5) is 5.69 Å². The van der Waals surface area contributed by atoms with E-state index in [0.717, 1.165) is 28.1 Å². The molecule has 0 aliphatic rings. The molecule has 5 heteroatoms. The molecule has 1 atom stereocenters. The predicted molar refractivity (Wildman–Crippen MR) is 113 cm³/mol. The Balaban J connectivity index is 2.23. The van der Waals surface area contributed by atoms with Gasteiger partial charge in [-0.3, -0.25) is 9.69 Å². The van der Waals surface area contributed by atoms with Gasteiger partial charge in [-0.25, -0.2) is 0 Å². The smallest absolute Gasteiger partial charge is 0.241 e. The van der Waals surface area contributed by atoms with Crippen LogP contribution in [0.1, 0.15) is 36.1 Å². The summed E-state index contributed by atoms with van der Waals surface area (Å²) in [4.78, 5) is 16.9. The molecule has 1 unspecified atom stereocenters. The van der Waals surface area contributed by atoms with Crippen LogP contribution in [-0.4, -0.2) is 38.1 Å². The number of hydrogen-bond donors (Lipinski definition) is 0. The highest BCUT2D eigenvalue weighted by molar-refractivity contribution is 5.95. The Morgan fingerprint density at radius 2 is 1.89 bits per heavy atom. The quantitative estimate of drug-likeness (QED) is 0.688. The number of nitrogens with zero attached hydrogens (tertiary/aromatic N) is 3. The van der Waals surface area contributed by atoms with Crippen molar-refractivity contribution in [1.82, 2.24) is 4.90 Å². The standard InChI is InChI=1S/C23H29N3O2/c1-17-10-8-12-21(18(17)2)26(15-9-14-24)23(27)16-25(4)19(3)20-11-6-7-13-22(20)28-5/h6-8,10-13,19H,9,15-16H2,1-5H3. The third kappa shape index (κ3) is 4.90. The first kappa shape index (κ1) is 21.5. The first-order valence-electron chi connectivity index (χ1n) is 9.47. The predicted octanol–water partition coefficient (Wildman–Crippen LogP) is 4.25. The number of ether oxygens (including phenoxy) is 1. The van der Waals surface area contributed by atoms with Gasteiger partial charge in [-0.05, 0) is 51.1 Å². The lowest BCUT2D eigenvalue weighted by atomic mass is 10.1. The number of amides is 1. The Morgan fingerprint density at radius 1 is 1.18 bits per heavy atom. The van der Waals surface area contributed by atoms with Crippen molar-refractivity contribution in [3.63, 3.8) is 0 Å². The van der Waals surface area contributed by atoms with Crippen LogP contribution in [0.3, 0.4) is 0 Å². The fourth-order valence-corrected chi connectivity index (χ4v) is 3.25. The number of para-hydroxylation sites is 1. The zero-order valence-electron chi connectivity index (χ0n) is 17.4. The number of hydrogen-bond acceptors (Lipinski definition) is 4.